The van der Waals surface area contributed by atoms with Crippen molar-refractivity contribution >= 4 is 11.9 Å². The zero-order valence-corrected chi connectivity index (χ0v) is 29.3. The number of hydrogen-bond acceptors (Lipinski definition) is 3. The molecule has 0 bridgehead atoms. The van der Waals surface area contributed by atoms with Crippen molar-refractivity contribution in [2.45, 2.75) is 204 Å². The minimum atomic E-state index is 0.534. The highest BCUT2D eigenvalue weighted by atomic mass is 15.2. The van der Waals surface area contributed by atoms with Gasteiger partial charge in [-0.15, -0.1) is 0 Å². The zero-order chi connectivity index (χ0) is 31.0. The second-order valence-corrected chi connectivity index (χ2v) is 14.9. The third-order valence-corrected chi connectivity index (χ3v) is 10.8. The second-order valence-electron chi connectivity index (χ2n) is 14.9. The smallest absolute Gasteiger partial charge is 0.191 e. The lowest BCUT2D eigenvalue weighted by Gasteiger charge is -2.27. The van der Waals surface area contributed by atoms with E-state index in [1.54, 1.807) is 0 Å². The molecule has 0 amide bonds. The first-order valence-corrected chi connectivity index (χ1v) is 20.2. The van der Waals surface area contributed by atoms with Gasteiger partial charge in [-0.3, -0.25) is 0 Å². The van der Waals surface area contributed by atoms with Gasteiger partial charge in [0.25, 0.3) is 0 Å². The topological polar surface area (TPSA) is 84.9 Å². The summed E-state index contributed by atoms with van der Waals surface area (Å²) in [5, 5.41) is 18.7. The van der Waals surface area contributed by atoms with Crippen LogP contribution in [-0.4, -0.2) is 62.3 Å². The third kappa shape index (κ3) is 16.8. The lowest BCUT2D eigenvalue weighted by molar-refractivity contribution is 0.404. The van der Waals surface area contributed by atoms with Gasteiger partial charge < -0.3 is 26.6 Å². The molecule has 0 radical (unpaired) electrons. The fourth-order valence-corrected chi connectivity index (χ4v) is 7.93. The van der Waals surface area contributed by atoms with Crippen molar-refractivity contribution in [2.75, 3.05) is 26.2 Å². The average Bonchev–Trinajstić information content (AvgIpc) is 3.08. The highest BCUT2D eigenvalue weighted by Crippen LogP contribution is 2.22. The van der Waals surface area contributed by atoms with Gasteiger partial charge >= 0.3 is 0 Å². The van der Waals surface area contributed by atoms with Gasteiger partial charge in [-0.1, -0.05) is 103 Å². The first-order chi connectivity index (χ1) is 22.3. The van der Waals surface area contributed by atoms with Crippen molar-refractivity contribution in [2.24, 2.45) is 9.98 Å². The fourth-order valence-electron chi connectivity index (χ4n) is 7.93. The summed E-state index contributed by atoms with van der Waals surface area (Å²) in [5.41, 5.74) is 0. The monoisotopic (exact) mass is 628 g/mol. The van der Waals surface area contributed by atoms with Crippen LogP contribution in [0.4, 0.5) is 0 Å². The Morgan fingerprint density at radius 2 is 0.711 bits per heavy atom. The summed E-state index contributed by atoms with van der Waals surface area (Å²) in [5.74, 6) is 2.21. The summed E-state index contributed by atoms with van der Waals surface area (Å²) in [6, 6.07) is 2.32. The Balaban J connectivity index is 0.967. The summed E-state index contributed by atoms with van der Waals surface area (Å²) < 4.78 is 0. The van der Waals surface area contributed by atoms with Crippen molar-refractivity contribution in [3.05, 3.63) is 0 Å². The fraction of sp³-hybridized carbons (Fsp3) is 0.947. The number of aliphatic imine (C=N–C) groups is 2. The predicted molar refractivity (Wildman–Crippen MR) is 194 cm³/mol. The van der Waals surface area contributed by atoms with Gasteiger partial charge in [0.1, 0.15) is 0 Å². The molecule has 4 fully saturated rings. The van der Waals surface area contributed by atoms with E-state index in [-0.39, 0.29) is 0 Å². The van der Waals surface area contributed by atoms with Crippen molar-refractivity contribution < 1.29 is 0 Å². The van der Waals surface area contributed by atoms with Gasteiger partial charge in [-0.2, -0.15) is 0 Å². The maximum atomic E-state index is 5.15. The highest BCUT2D eigenvalue weighted by molar-refractivity contribution is 5.80. The normalized spacial score (nSPS) is 22.0. The number of nitrogens with one attached hydrogen (secondary N) is 5. The molecule has 0 spiro atoms. The van der Waals surface area contributed by atoms with Gasteiger partial charge in [0.05, 0.1) is 12.1 Å². The number of unbranched alkanes of at least 4 members (excludes halogenated alkanes) is 6. The van der Waals surface area contributed by atoms with Crippen LogP contribution in [0.2, 0.25) is 0 Å². The quantitative estimate of drug-likeness (QED) is 0.0603. The molecule has 0 heterocycles. The number of nitrogens with zero attached hydrogens (tertiary/aromatic N) is 2. The lowest BCUT2D eigenvalue weighted by atomic mass is 9.95. The first kappa shape index (κ1) is 36.3. The van der Waals surface area contributed by atoms with Gasteiger partial charge in [-0.05, 0) is 90.1 Å². The molecule has 0 aliphatic heterocycles. The second kappa shape index (κ2) is 23.8. The summed E-state index contributed by atoms with van der Waals surface area (Å²) in [6.07, 6.45) is 37.2. The molecule has 7 heteroatoms. The van der Waals surface area contributed by atoms with Crippen molar-refractivity contribution in [1.82, 2.24) is 26.6 Å². The SMILES string of the molecule is C(CCCNC(=NC1CCCCC1)NC1CCCCC1)CCNCCCCCCNC(=NC1CCCCC1)NC1CCCCC1. The molecule has 0 aromatic heterocycles. The summed E-state index contributed by atoms with van der Waals surface area (Å²) in [7, 11) is 0. The van der Waals surface area contributed by atoms with Gasteiger partial charge in [0.2, 0.25) is 0 Å². The van der Waals surface area contributed by atoms with Crippen LogP contribution in [0, 0.1) is 0 Å². The molecule has 5 N–H and O–H groups in total. The van der Waals surface area contributed by atoms with E-state index in [1.807, 2.05) is 0 Å². The molecule has 4 rings (SSSR count). The van der Waals surface area contributed by atoms with Crippen LogP contribution in [0.25, 0.3) is 0 Å². The van der Waals surface area contributed by atoms with E-state index in [0.717, 1.165) is 25.0 Å². The maximum absolute atomic E-state index is 5.15. The molecule has 0 saturated heterocycles. The molecular weight excluding hydrogens is 554 g/mol. The van der Waals surface area contributed by atoms with Crippen molar-refractivity contribution in [3.63, 3.8) is 0 Å². The summed E-state index contributed by atoms with van der Waals surface area (Å²) >= 11 is 0. The summed E-state index contributed by atoms with van der Waals surface area (Å²) in [4.78, 5) is 10.3. The van der Waals surface area contributed by atoms with Crippen LogP contribution >= 0.6 is 0 Å². The van der Waals surface area contributed by atoms with Crippen molar-refractivity contribution in [1.29, 1.82) is 0 Å². The standard InChI is InChI=1S/C38H73N7/c1(3-19-31-40-37(42-33-21-9-5-10-22-33)43-34-23-11-6-12-24-34)17-29-39-30-18-2-4-20-32-41-38(44-35-25-13-7-14-26-35)45-36-27-15-8-16-28-36/h33-36,39H,1-32H2,(H2,40,42,43)(H2,41,44,45). The van der Waals surface area contributed by atoms with Crippen LogP contribution in [0.1, 0.15) is 180 Å². The summed E-state index contributed by atoms with van der Waals surface area (Å²) in [6.45, 7) is 4.44. The van der Waals surface area contributed by atoms with Gasteiger partial charge in [-0.25, -0.2) is 9.98 Å². The van der Waals surface area contributed by atoms with Crippen LogP contribution in [-0.2, 0) is 0 Å². The van der Waals surface area contributed by atoms with E-state index in [9.17, 15) is 0 Å². The highest BCUT2D eigenvalue weighted by Gasteiger charge is 2.19. The Morgan fingerprint density at radius 1 is 0.378 bits per heavy atom. The lowest BCUT2D eigenvalue weighted by Crippen LogP contribution is -2.45. The van der Waals surface area contributed by atoms with E-state index < -0.39 is 0 Å². The molecule has 260 valence electrons. The Bertz CT molecular complexity index is 711. The number of hydrogen-bond donors (Lipinski definition) is 5. The molecule has 4 saturated carbocycles. The molecule has 4 aliphatic carbocycles. The third-order valence-electron chi connectivity index (χ3n) is 10.8. The van der Waals surface area contributed by atoms with E-state index >= 15 is 0 Å². The average molecular weight is 628 g/mol. The molecule has 7 nitrogen and oxygen atoms in total. The minimum Gasteiger partial charge on any atom is -0.356 e. The Labute approximate surface area is 278 Å². The predicted octanol–water partition coefficient (Wildman–Crippen LogP) is 8.10. The van der Waals surface area contributed by atoms with E-state index in [2.05, 4.69) is 26.6 Å². The Morgan fingerprint density at radius 3 is 1.09 bits per heavy atom. The molecule has 0 atom stereocenters. The van der Waals surface area contributed by atoms with Crippen LogP contribution in [0.5, 0.6) is 0 Å². The minimum absolute atomic E-state index is 0.534. The van der Waals surface area contributed by atoms with E-state index in [4.69, 9.17) is 9.98 Å². The molecule has 4 aliphatic rings. The van der Waals surface area contributed by atoms with E-state index in [0.29, 0.717) is 24.2 Å². The molecule has 0 aromatic carbocycles. The van der Waals surface area contributed by atoms with Gasteiger partial charge in [0.15, 0.2) is 11.9 Å². The largest absolute Gasteiger partial charge is 0.356 e. The molecule has 45 heavy (non-hydrogen) atoms. The van der Waals surface area contributed by atoms with Crippen LogP contribution in [0.15, 0.2) is 9.98 Å². The zero-order valence-electron chi connectivity index (χ0n) is 29.3. The van der Waals surface area contributed by atoms with Crippen LogP contribution in [0.3, 0.4) is 0 Å². The first-order valence-electron chi connectivity index (χ1n) is 20.2. The maximum Gasteiger partial charge on any atom is 0.191 e. The van der Waals surface area contributed by atoms with Gasteiger partial charge in [0, 0.05) is 25.2 Å². The Hall–Kier alpha value is -1.50. The van der Waals surface area contributed by atoms with Crippen LogP contribution < -0.4 is 26.6 Å². The van der Waals surface area contributed by atoms with Crippen molar-refractivity contribution in [3.8, 4) is 0 Å². The molecular formula is C38H73N7. The number of guanidine groups is 2. The number of rotatable bonds is 18. The molecule has 0 aromatic rings. The molecule has 0 unspecified atom stereocenters. The van der Waals surface area contributed by atoms with E-state index in [1.165, 1.54) is 193 Å². The Kier molecular flexibility index (Phi) is 19.2.